The molecule has 0 radical (unpaired) electrons. The zero-order chi connectivity index (χ0) is 11.5. The van der Waals surface area contributed by atoms with Gasteiger partial charge in [-0.1, -0.05) is 30.4 Å². The van der Waals surface area contributed by atoms with E-state index in [1.807, 2.05) is 18.7 Å². The van der Waals surface area contributed by atoms with Gasteiger partial charge in [-0.25, -0.2) is 4.98 Å². The Kier molecular flexibility index (Phi) is 3.51. The molecule has 0 fully saturated rings. The Bertz CT molecular complexity index is 455. The van der Waals surface area contributed by atoms with Gasteiger partial charge in [-0.2, -0.15) is 0 Å². The van der Waals surface area contributed by atoms with Crippen LogP contribution in [0.3, 0.4) is 0 Å². The summed E-state index contributed by atoms with van der Waals surface area (Å²) in [5.74, 6) is 1.10. The van der Waals surface area contributed by atoms with Crippen molar-refractivity contribution < 1.29 is 0 Å². The van der Waals surface area contributed by atoms with Crippen molar-refractivity contribution in [3.63, 3.8) is 0 Å². The van der Waals surface area contributed by atoms with E-state index in [1.165, 1.54) is 4.90 Å². The largest absolute Gasteiger partial charge is 0.389 e. The molecule has 4 heteroatoms. The standard InChI is InChI=1S/C12H14N2S2/c1-3-15-10-6-4-9(5-7-10)12-14-8(2)11(13)16-12/h4-7H,3,13H2,1-2H3. The molecule has 2 rings (SSSR count). The van der Waals surface area contributed by atoms with Crippen LogP contribution in [0, 0.1) is 6.92 Å². The van der Waals surface area contributed by atoms with Gasteiger partial charge in [0.05, 0.1) is 5.69 Å². The van der Waals surface area contributed by atoms with E-state index < -0.39 is 0 Å². The van der Waals surface area contributed by atoms with Gasteiger partial charge in [0, 0.05) is 10.5 Å². The molecule has 0 aliphatic heterocycles. The third-order valence-corrected chi connectivity index (χ3v) is 4.17. The third kappa shape index (κ3) is 2.39. The Morgan fingerprint density at radius 1 is 1.31 bits per heavy atom. The molecule has 1 heterocycles. The third-order valence-electron chi connectivity index (χ3n) is 2.24. The van der Waals surface area contributed by atoms with Crippen LogP contribution < -0.4 is 5.73 Å². The van der Waals surface area contributed by atoms with E-state index in [4.69, 9.17) is 5.73 Å². The maximum absolute atomic E-state index is 5.81. The van der Waals surface area contributed by atoms with Crippen LogP contribution in [0.2, 0.25) is 0 Å². The summed E-state index contributed by atoms with van der Waals surface area (Å²) in [4.78, 5) is 5.74. The molecule has 2 N–H and O–H groups in total. The molecule has 0 bridgehead atoms. The average molecular weight is 250 g/mol. The van der Waals surface area contributed by atoms with E-state index in [9.17, 15) is 0 Å². The van der Waals surface area contributed by atoms with Crippen molar-refractivity contribution >= 4 is 28.1 Å². The van der Waals surface area contributed by atoms with Gasteiger partial charge < -0.3 is 5.73 Å². The van der Waals surface area contributed by atoms with Crippen molar-refractivity contribution in [2.75, 3.05) is 11.5 Å². The number of thiazole rings is 1. The number of nitrogens with two attached hydrogens (primary N) is 1. The lowest BCUT2D eigenvalue weighted by Gasteiger charge is -1.99. The fourth-order valence-corrected chi connectivity index (χ4v) is 2.89. The lowest BCUT2D eigenvalue weighted by molar-refractivity contribution is 1.27. The molecule has 0 aliphatic carbocycles. The van der Waals surface area contributed by atoms with E-state index in [0.29, 0.717) is 0 Å². The quantitative estimate of drug-likeness (QED) is 0.842. The Morgan fingerprint density at radius 3 is 2.50 bits per heavy atom. The number of rotatable bonds is 3. The predicted octanol–water partition coefficient (Wildman–Crippen LogP) is 3.81. The van der Waals surface area contributed by atoms with Gasteiger partial charge in [0.25, 0.3) is 0 Å². The van der Waals surface area contributed by atoms with Gasteiger partial charge in [0.15, 0.2) is 0 Å². The van der Waals surface area contributed by atoms with Gasteiger partial charge in [-0.3, -0.25) is 0 Å². The highest BCUT2D eigenvalue weighted by molar-refractivity contribution is 7.99. The molecule has 0 unspecified atom stereocenters. The zero-order valence-electron chi connectivity index (χ0n) is 9.36. The molecule has 0 saturated heterocycles. The number of hydrogen-bond acceptors (Lipinski definition) is 4. The van der Waals surface area contributed by atoms with E-state index in [1.54, 1.807) is 11.3 Å². The van der Waals surface area contributed by atoms with Crippen molar-refractivity contribution in [3.05, 3.63) is 30.0 Å². The number of aryl methyl sites for hydroxylation is 1. The number of anilines is 1. The van der Waals surface area contributed by atoms with Crippen LogP contribution in [0.15, 0.2) is 29.2 Å². The average Bonchev–Trinajstić information content (AvgIpc) is 2.61. The lowest BCUT2D eigenvalue weighted by Crippen LogP contribution is -1.81. The molecular weight excluding hydrogens is 236 g/mol. The number of benzene rings is 1. The molecule has 2 aromatic rings. The second-order valence-corrected chi connectivity index (χ2v) is 5.79. The Hall–Kier alpha value is -1.00. The lowest BCUT2D eigenvalue weighted by atomic mass is 10.2. The van der Waals surface area contributed by atoms with Crippen molar-refractivity contribution in [3.8, 4) is 10.6 Å². The fourth-order valence-electron chi connectivity index (χ4n) is 1.39. The number of aromatic nitrogens is 1. The van der Waals surface area contributed by atoms with E-state index in [2.05, 4.69) is 36.2 Å². The van der Waals surface area contributed by atoms with Crippen LogP contribution in [0.25, 0.3) is 10.6 Å². The first-order valence-electron chi connectivity index (χ1n) is 5.17. The highest BCUT2D eigenvalue weighted by Gasteiger charge is 2.06. The summed E-state index contributed by atoms with van der Waals surface area (Å²) in [5, 5.41) is 1.81. The van der Waals surface area contributed by atoms with Gasteiger partial charge in [0.2, 0.25) is 0 Å². The molecular formula is C12H14N2S2. The summed E-state index contributed by atoms with van der Waals surface area (Å²) in [6, 6.07) is 8.48. The smallest absolute Gasteiger partial charge is 0.125 e. The van der Waals surface area contributed by atoms with Gasteiger partial charge in [0.1, 0.15) is 10.0 Å². The number of nitrogen functional groups attached to an aromatic ring is 1. The SMILES string of the molecule is CCSc1ccc(-c2nc(C)c(N)s2)cc1. The minimum Gasteiger partial charge on any atom is -0.389 e. The van der Waals surface area contributed by atoms with Crippen molar-refractivity contribution in [2.24, 2.45) is 0 Å². The summed E-state index contributed by atoms with van der Waals surface area (Å²) < 4.78 is 0. The zero-order valence-corrected chi connectivity index (χ0v) is 11.0. The normalized spacial score (nSPS) is 10.6. The first-order chi connectivity index (χ1) is 7.70. The topological polar surface area (TPSA) is 38.9 Å². The highest BCUT2D eigenvalue weighted by atomic mass is 32.2. The van der Waals surface area contributed by atoms with Gasteiger partial charge >= 0.3 is 0 Å². The Balaban J connectivity index is 2.27. The summed E-state index contributed by atoms with van der Waals surface area (Å²) in [6.45, 7) is 4.10. The van der Waals surface area contributed by atoms with Gasteiger partial charge in [-0.05, 0) is 24.8 Å². The van der Waals surface area contributed by atoms with Crippen molar-refractivity contribution in [2.45, 2.75) is 18.7 Å². The first kappa shape index (κ1) is 11.5. The van der Waals surface area contributed by atoms with Crippen LogP contribution >= 0.6 is 23.1 Å². The van der Waals surface area contributed by atoms with E-state index in [-0.39, 0.29) is 0 Å². The second-order valence-electron chi connectivity index (χ2n) is 3.43. The molecule has 0 aliphatic rings. The van der Waals surface area contributed by atoms with Crippen LogP contribution in [0.4, 0.5) is 5.00 Å². The predicted molar refractivity (Wildman–Crippen MR) is 73.1 cm³/mol. The van der Waals surface area contributed by atoms with Crippen LogP contribution in [-0.4, -0.2) is 10.7 Å². The molecule has 0 saturated carbocycles. The monoisotopic (exact) mass is 250 g/mol. The molecule has 1 aromatic carbocycles. The van der Waals surface area contributed by atoms with Crippen molar-refractivity contribution in [1.82, 2.24) is 4.98 Å². The molecule has 0 spiro atoms. The number of thioether (sulfide) groups is 1. The Morgan fingerprint density at radius 2 is 2.00 bits per heavy atom. The summed E-state index contributed by atoms with van der Waals surface area (Å²) in [7, 11) is 0. The molecule has 0 amide bonds. The van der Waals surface area contributed by atoms with Crippen LogP contribution in [0.1, 0.15) is 12.6 Å². The van der Waals surface area contributed by atoms with Crippen molar-refractivity contribution in [1.29, 1.82) is 0 Å². The fraction of sp³-hybridized carbons (Fsp3) is 0.250. The molecule has 84 valence electrons. The van der Waals surface area contributed by atoms with E-state index in [0.717, 1.165) is 27.0 Å². The molecule has 2 nitrogen and oxygen atoms in total. The molecule has 16 heavy (non-hydrogen) atoms. The van der Waals surface area contributed by atoms with Gasteiger partial charge in [-0.15, -0.1) is 11.8 Å². The van der Waals surface area contributed by atoms with E-state index >= 15 is 0 Å². The Labute approximate surface area is 104 Å². The molecule has 0 atom stereocenters. The van der Waals surface area contributed by atoms with Crippen LogP contribution in [0.5, 0.6) is 0 Å². The molecule has 1 aromatic heterocycles. The maximum Gasteiger partial charge on any atom is 0.125 e. The van der Waals surface area contributed by atoms with Crippen LogP contribution in [-0.2, 0) is 0 Å². The first-order valence-corrected chi connectivity index (χ1v) is 6.97. The minimum atomic E-state index is 0.807. The maximum atomic E-state index is 5.81. The minimum absolute atomic E-state index is 0.807. The summed E-state index contributed by atoms with van der Waals surface area (Å²) in [6.07, 6.45) is 0. The second kappa shape index (κ2) is 4.89. The summed E-state index contributed by atoms with van der Waals surface area (Å²) >= 11 is 3.39. The summed E-state index contributed by atoms with van der Waals surface area (Å²) in [5.41, 5.74) is 7.87. The number of nitrogens with zero attached hydrogens (tertiary/aromatic N) is 1. The number of hydrogen-bond donors (Lipinski definition) is 1. The highest BCUT2D eigenvalue weighted by Crippen LogP contribution is 2.30.